The molecule has 0 spiro atoms. The normalized spacial score (nSPS) is 56.7. The first-order chi connectivity index (χ1) is 4.29. The maximum absolute atomic E-state index is 5.83. The largest absolute Gasteiger partial charge is 0.327 e. The van der Waals surface area contributed by atoms with Gasteiger partial charge < -0.3 is 5.73 Å². The van der Waals surface area contributed by atoms with Crippen molar-refractivity contribution in [3.63, 3.8) is 0 Å². The second kappa shape index (κ2) is 1.72. The SMILES string of the molecule is CC1CCC2C(N)C2C1. The van der Waals surface area contributed by atoms with Gasteiger partial charge in [0, 0.05) is 6.04 Å². The highest BCUT2D eigenvalue weighted by Crippen LogP contribution is 2.49. The zero-order valence-corrected chi connectivity index (χ0v) is 6.01. The van der Waals surface area contributed by atoms with Gasteiger partial charge >= 0.3 is 0 Å². The summed E-state index contributed by atoms with van der Waals surface area (Å²) in [6.07, 6.45) is 4.24. The minimum absolute atomic E-state index is 0.593. The lowest BCUT2D eigenvalue weighted by Gasteiger charge is -2.14. The van der Waals surface area contributed by atoms with E-state index >= 15 is 0 Å². The molecule has 0 aliphatic heterocycles. The van der Waals surface area contributed by atoms with Gasteiger partial charge in [-0.1, -0.05) is 13.3 Å². The van der Waals surface area contributed by atoms with E-state index in [1.54, 1.807) is 0 Å². The molecular formula is C8H15N. The molecule has 0 amide bonds. The van der Waals surface area contributed by atoms with Gasteiger partial charge in [0.05, 0.1) is 0 Å². The smallest absolute Gasteiger partial charge is 0.0102 e. The van der Waals surface area contributed by atoms with E-state index in [9.17, 15) is 0 Å². The van der Waals surface area contributed by atoms with Gasteiger partial charge in [-0.3, -0.25) is 0 Å². The van der Waals surface area contributed by atoms with Crippen LogP contribution in [0.15, 0.2) is 0 Å². The van der Waals surface area contributed by atoms with Gasteiger partial charge in [0.15, 0.2) is 0 Å². The third-order valence-corrected chi connectivity index (χ3v) is 3.07. The fraction of sp³-hybridized carbons (Fsp3) is 1.00. The Labute approximate surface area is 56.6 Å². The average Bonchev–Trinajstić information content (AvgIpc) is 2.43. The summed E-state index contributed by atoms with van der Waals surface area (Å²) in [7, 11) is 0. The Hall–Kier alpha value is -0.0400. The van der Waals surface area contributed by atoms with Crippen molar-refractivity contribution in [3.8, 4) is 0 Å². The summed E-state index contributed by atoms with van der Waals surface area (Å²) < 4.78 is 0. The molecule has 0 aromatic heterocycles. The maximum Gasteiger partial charge on any atom is 0.0102 e. The van der Waals surface area contributed by atoms with E-state index in [0.29, 0.717) is 6.04 Å². The van der Waals surface area contributed by atoms with Crippen LogP contribution in [0.2, 0.25) is 0 Å². The lowest BCUT2D eigenvalue weighted by atomic mass is 9.91. The van der Waals surface area contributed by atoms with E-state index in [-0.39, 0.29) is 0 Å². The number of nitrogens with two attached hydrogens (primary N) is 1. The molecule has 0 aromatic rings. The summed E-state index contributed by atoms with van der Waals surface area (Å²) in [5, 5.41) is 0. The van der Waals surface area contributed by atoms with E-state index < -0.39 is 0 Å². The Morgan fingerprint density at radius 3 is 2.56 bits per heavy atom. The zero-order valence-electron chi connectivity index (χ0n) is 6.01. The average molecular weight is 125 g/mol. The lowest BCUT2D eigenvalue weighted by molar-refractivity contribution is 0.368. The first-order valence-electron chi connectivity index (χ1n) is 4.04. The molecule has 0 aromatic carbocycles. The van der Waals surface area contributed by atoms with Crippen LogP contribution in [0.25, 0.3) is 0 Å². The first kappa shape index (κ1) is 5.72. The molecule has 2 N–H and O–H groups in total. The molecule has 2 aliphatic rings. The minimum atomic E-state index is 0.593. The highest BCUT2D eigenvalue weighted by molar-refractivity contribution is 5.03. The van der Waals surface area contributed by atoms with E-state index in [4.69, 9.17) is 5.73 Å². The van der Waals surface area contributed by atoms with Gasteiger partial charge in [0.25, 0.3) is 0 Å². The lowest BCUT2D eigenvalue weighted by Crippen LogP contribution is -2.04. The monoisotopic (exact) mass is 125 g/mol. The molecule has 0 heterocycles. The Kier molecular flexibility index (Phi) is 1.10. The predicted molar refractivity (Wildman–Crippen MR) is 38.0 cm³/mol. The van der Waals surface area contributed by atoms with E-state index in [0.717, 1.165) is 17.8 Å². The standard InChI is InChI=1S/C8H15N/c1-5-2-3-6-7(4-5)8(6)9/h5-8H,2-4,9H2,1H3. The predicted octanol–water partition coefficient (Wildman–Crippen LogP) is 1.38. The number of fused-ring (bicyclic) bond motifs is 1. The first-order valence-corrected chi connectivity index (χ1v) is 4.04. The van der Waals surface area contributed by atoms with Crippen molar-refractivity contribution in [2.45, 2.75) is 32.2 Å². The Morgan fingerprint density at radius 1 is 1.22 bits per heavy atom. The third-order valence-electron chi connectivity index (χ3n) is 3.07. The number of rotatable bonds is 0. The van der Waals surface area contributed by atoms with Crippen molar-refractivity contribution < 1.29 is 0 Å². The van der Waals surface area contributed by atoms with Gasteiger partial charge in [-0.2, -0.15) is 0 Å². The summed E-state index contributed by atoms with van der Waals surface area (Å²) in [6, 6.07) is 0.593. The molecule has 0 bridgehead atoms. The van der Waals surface area contributed by atoms with Crippen molar-refractivity contribution in [3.05, 3.63) is 0 Å². The highest BCUT2D eigenvalue weighted by atomic mass is 14.8. The number of hydrogen-bond acceptors (Lipinski definition) is 1. The van der Waals surface area contributed by atoms with Crippen LogP contribution in [0.3, 0.4) is 0 Å². The molecule has 52 valence electrons. The van der Waals surface area contributed by atoms with Crippen molar-refractivity contribution in [1.29, 1.82) is 0 Å². The van der Waals surface area contributed by atoms with Crippen LogP contribution in [0, 0.1) is 17.8 Å². The quantitative estimate of drug-likeness (QED) is 0.520. The maximum atomic E-state index is 5.83. The van der Waals surface area contributed by atoms with Crippen molar-refractivity contribution in [2.24, 2.45) is 23.5 Å². The van der Waals surface area contributed by atoms with Gasteiger partial charge in [-0.15, -0.1) is 0 Å². The van der Waals surface area contributed by atoms with Gasteiger partial charge in [-0.05, 0) is 30.6 Å². The molecule has 9 heavy (non-hydrogen) atoms. The molecule has 2 aliphatic carbocycles. The summed E-state index contributed by atoms with van der Waals surface area (Å²) in [5.74, 6) is 2.81. The molecule has 1 nitrogen and oxygen atoms in total. The molecule has 0 radical (unpaired) electrons. The minimum Gasteiger partial charge on any atom is -0.327 e. The molecule has 1 heteroatoms. The summed E-state index contributed by atoms with van der Waals surface area (Å²) in [6.45, 7) is 2.35. The second-order valence-corrected chi connectivity index (χ2v) is 3.82. The molecule has 2 fully saturated rings. The molecule has 2 saturated carbocycles. The van der Waals surface area contributed by atoms with Crippen LogP contribution in [0.4, 0.5) is 0 Å². The molecule has 2 rings (SSSR count). The van der Waals surface area contributed by atoms with Crippen LogP contribution >= 0.6 is 0 Å². The fourth-order valence-corrected chi connectivity index (χ4v) is 2.27. The summed E-state index contributed by atoms with van der Waals surface area (Å²) in [4.78, 5) is 0. The molecule has 4 unspecified atom stereocenters. The van der Waals surface area contributed by atoms with E-state index in [1.165, 1.54) is 19.3 Å². The summed E-state index contributed by atoms with van der Waals surface area (Å²) >= 11 is 0. The second-order valence-electron chi connectivity index (χ2n) is 3.82. The number of hydrogen-bond donors (Lipinski definition) is 1. The van der Waals surface area contributed by atoms with Gasteiger partial charge in [-0.25, -0.2) is 0 Å². The van der Waals surface area contributed by atoms with E-state index in [2.05, 4.69) is 6.92 Å². The van der Waals surface area contributed by atoms with E-state index in [1.807, 2.05) is 0 Å². The van der Waals surface area contributed by atoms with Crippen LogP contribution in [-0.2, 0) is 0 Å². The summed E-state index contributed by atoms with van der Waals surface area (Å²) in [5.41, 5.74) is 5.83. The fourth-order valence-electron chi connectivity index (χ4n) is 2.27. The van der Waals surface area contributed by atoms with Crippen LogP contribution in [0.1, 0.15) is 26.2 Å². The molecule has 0 saturated heterocycles. The Balaban J connectivity index is 1.96. The molecular weight excluding hydrogens is 110 g/mol. The van der Waals surface area contributed by atoms with Gasteiger partial charge in [0.1, 0.15) is 0 Å². The topological polar surface area (TPSA) is 26.0 Å². The van der Waals surface area contributed by atoms with Crippen LogP contribution in [0.5, 0.6) is 0 Å². The zero-order chi connectivity index (χ0) is 6.43. The van der Waals surface area contributed by atoms with Crippen molar-refractivity contribution >= 4 is 0 Å². The third kappa shape index (κ3) is 0.787. The van der Waals surface area contributed by atoms with Crippen molar-refractivity contribution in [2.75, 3.05) is 0 Å². The van der Waals surface area contributed by atoms with Crippen LogP contribution < -0.4 is 5.73 Å². The van der Waals surface area contributed by atoms with Crippen LogP contribution in [-0.4, -0.2) is 6.04 Å². The Bertz CT molecular complexity index is 122. The van der Waals surface area contributed by atoms with Crippen molar-refractivity contribution in [1.82, 2.24) is 0 Å². The van der Waals surface area contributed by atoms with Gasteiger partial charge in [0.2, 0.25) is 0 Å². The Morgan fingerprint density at radius 2 is 2.00 bits per heavy atom. The highest BCUT2D eigenvalue weighted by Gasteiger charge is 2.49. The molecule has 4 atom stereocenters.